The summed E-state index contributed by atoms with van der Waals surface area (Å²) in [5, 5.41) is 3.71. The Bertz CT molecular complexity index is 1170. The Morgan fingerprint density at radius 2 is 1.35 bits per heavy atom. The second kappa shape index (κ2) is 11.1. The first-order valence-electron chi connectivity index (χ1n) is 11.2. The van der Waals surface area contributed by atoms with E-state index in [1.54, 1.807) is 0 Å². The molecule has 0 spiro atoms. The van der Waals surface area contributed by atoms with Crippen LogP contribution in [-0.2, 0) is 10.9 Å². The fourth-order valence-corrected chi connectivity index (χ4v) is 9.19. The first kappa shape index (κ1) is 23.7. The van der Waals surface area contributed by atoms with Gasteiger partial charge in [0.25, 0.3) is 0 Å². The van der Waals surface area contributed by atoms with E-state index in [2.05, 4.69) is 60.7 Å². The number of ether oxygens (including phenoxy) is 2. The number of carbonyl (C=O) groups excluding carboxylic acids is 1. The van der Waals surface area contributed by atoms with Crippen LogP contribution in [0.15, 0.2) is 109 Å². The third-order valence-corrected chi connectivity index (χ3v) is 10.9. The van der Waals surface area contributed by atoms with Gasteiger partial charge in [-0.25, -0.2) is 0 Å². The Morgan fingerprint density at radius 1 is 0.765 bits per heavy atom. The van der Waals surface area contributed by atoms with Crippen molar-refractivity contribution >= 4 is 29.1 Å². The summed E-state index contributed by atoms with van der Waals surface area (Å²) < 4.78 is 23.3. The molecule has 5 heteroatoms. The molecule has 34 heavy (non-hydrogen) atoms. The zero-order valence-electron chi connectivity index (χ0n) is 19.1. The van der Waals surface area contributed by atoms with Crippen molar-refractivity contribution in [3.63, 3.8) is 0 Å². The molecule has 0 bridgehead atoms. The summed E-state index contributed by atoms with van der Waals surface area (Å²) in [5.41, 5.74) is 1.65. The average molecular weight is 475 g/mol. The van der Waals surface area contributed by atoms with Gasteiger partial charge in [0.05, 0.1) is 0 Å². The SMILES string of the molecule is COC(=O)c1ccc(C[PH](c2ccccc2)(c2ccccc2)c2cccc(OCCF)c2)cc1. The predicted octanol–water partition coefficient (Wildman–Crippen LogP) is 5.05. The van der Waals surface area contributed by atoms with Gasteiger partial charge in [-0.1, -0.05) is 0 Å². The quantitative estimate of drug-likeness (QED) is 0.252. The van der Waals surface area contributed by atoms with E-state index in [1.165, 1.54) is 23.0 Å². The maximum atomic E-state index is 12.8. The van der Waals surface area contributed by atoms with Gasteiger partial charge in [-0.2, -0.15) is 0 Å². The van der Waals surface area contributed by atoms with E-state index in [4.69, 9.17) is 9.47 Å². The second-order valence-corrected chi connectivity index (χ2v) is 12.0. The molecule has 4 aromatic rings. The molecule has 174 valence electrons. The minimum atomic E-state index is -2.58. The molecule has 0 aliphatic carbocycles. The van der Waals surface area contributed by atoms with Crippen LogP contribution in [0.3, 0.4) is 0 Å². The molecule has 0 fully saturated rings. The molecule has 0 aliphatic rings. The summed E-state index contributed by atoms with van der Waals surface area (Å²) in [4.78, 5) is 11.9. The molecule has 0 amide bonds. The zero-order chi connectivity index (χ0) is 23.8. The van der Waals surface area contributed by atoms with Crippen LogP contribution >= 0.6 is 7.26 Å². The number of alkyl halides is 1. The van der Waals surface area contributed by atoms with Gasteiger partial charge in [0.2, 0.25) is 0 Å². The summed E-state index contributed by atoms with van der Waals surface area (Å²) in [6.45, 7) is -0.500. The number of benzene rings is 4. The topological polar surface area (TPSA) is 35.5 Å². The van der Waals surface area contributed by atoms with E-state index in [0.29, 0.717) is 11.3 Å². The molecule has 0 aromatic heterocycles. The van der Waals surface area contributed by atoms with E-state index in [-0.39, 0.29) is 12.6 Å². The maximum absolute atomic E-state index is 12.8. The van der Waals surface area contributed by atoms with Crippen molar-refractivity contribution in [1.82, 2.24) is 0 Å². The number of halogens is 1. The van der Waals surface area contributed by atoms with Crippen LogP contribution in [-0.4, -0.2) is 26.4 Å². The van der Waals surface area contributed by atoms with E-state index in [9.17, 15) is 9.18 Å². The predicted molar refractivity (Wildman–Crippen MR) is 139 cm³/mol. The van der Waals surface area contributed by atoms with E-state index >= 15 is 0 Å². The first-order chi connectivity index (χ1) is 16.7. The Labute approximate surface area is 200 Å². The van der Waals surface area contributed by atoms with Gasteiger partial charge in [0.15, 0.2) is 0 Å². The second-order valence-electron chi connectivity index (χ2n) is 8.07. The third-order valence-electron chi connectivity index (χ3n) is 6.05. The Hall–Kier alpha value is -3.49. The van der Waals surface area contributed by atoms with Crippen LogP contribution in [0.4, 0.5) is 4.39 Å². The molecular weight excluding hydrogens is 446 g/mol. The molecule has 0 aliphatic heterocycles. The van der Waals surface area contributed by atoms with Crippen molar-refractivity contribution in [2.75, 3.05) is 20.4 Å². The average Bonchev–Trinajstić information content (AvgIpc) is 2.91. The van der Waals surface area contributed by atoms with Crippen molar-refractivity contribution in [3.8, 4) is 5.75 Å². The third kappa shape index (κ3) is 5.03. The van der Waals surface area contributed by atoms with Crippen molar-refractivity contribution in [3.05, 3.63) is 120 Å². The van der Waals surface area contributed by atoms with Crippen LogP contribution < -0.4 is 20.7 Å². The van der Waals surface area contributed by atoms with Gasteiger partial charge in [0.1, 0.15) is 0 Å². The molecule has 0 atom stereocenters. The number of esters is 1. The van der Waals surface area contributed by atoms with Gasteiger partial charge in [-0.05, 0) is 0 Å². The summed E-state index contributed by atoms with van der Waals surface area (Å²) in [7, 11) is -1.19. The summed E-state index contributed by atoms with van der Waals surface area (Å²) in [6, 6.07) is 36.8. The molecule has 0 N–H and O–H groups in total. The van der Waals surface area contributed by atoms with Gasteiger partial charge in [-0.3, -0.25) is 0 Å². The molecular formula is C29H28FO3P. The fraction of sp³-hybridized carbons (Fsp3) is 0.138. The number of rotatable bonds is 9. The van der Waals surface area contributed by atoms with Gasteiger partial charge in [-0.15, -0.1) is 0 Å². The molecule has 0 saturated heterocycles. The monoisotopic (exact) mass is 474 g/mol. The molecule has 4 rings (SSSR count). The molecule has 4 aromatic carbocycles. The number of carbonyl (C=O) groups is 1. The van der Waals surface area contributed by atoms with E-state index < -0.39 is 13.9 Å². The van der Waals surface area contributed by atoms with Crippen LogP contribution in [0.1, 0.15) is 15.9 Å². The van der Waals surface area contributed by atoms with Crippen LogP contribution in [0, 0.1) is 0 Å². The van der Waals surface area contributed by atoms with E-state index in [0.717, 1.165) is 11.7 Å². The molecule has 3 nitrogen and oxygen atoms in total. The number of hydrogen-bond donors (Lipinski definition) is 0. The van der Waals surface area contributed by atoms with Crippen molar-refractivity contribution in [2.24, 2.45) is 0 Å². The molecule has 0 saturated carbocycles. The summed E-state index contributed by atoms with van der Waals surface area (Å²) >= 11 is 0. The van der Waals surface area contributed by atoms with Crippen molar-refractivity contribution < 1.29 is 18.7 Å². The van der Waals surface area contributed by atoms with Crippen LogP contribution in [0.2, 0.25) is 0 Å². The molecule has 0 radical (unpaired) electrons. The van der Waals surface area contributed by atoms with Gasteiger partial charge < -0.3 is 0 Å². The fourth-order valence-electron chi connectivity index (χ4n) is 4.44. The van der Waals surface area contributed by atoms with Gasteiger partial charge in [0, 0.05) is 0 Å². The first-order valence-corrected chi connectivity index (χ1v) is 13.5. The van der Waals surface area contributed by atoms with Crippen molar-refractivity contribution in [2.45, 2.75) is 6.16 Å². The normalized spacial score (nSPS) is 11.6. The van der Waals surface area contributed by atoms with Gasteiger partial charge >= 0.3 is 200 Å². The standard InChI is InChI=1S/C29H28FO3P/c1-32-29(31)24-17-15-23(16-18-24)22-34(26-10-4-2-5-11-26,27-12-6-3-7-13-27)28-14-8-9-25(21-28)33-20-19-30/h2-18,21,34H,19-20,22H2,1H3. The number of methoxy groups -OCH3 is 1. The van der Waals surface area contributed by atoms with E-state index in [1.807, 2.05) is 48.5 Å². The van der Waals surface area contributed by atoms with Crippen LogP contribution in [0.25, 0.3) is 0 Å². The Kier molecular flexibility index (Phi) is 7.72. The summed E-state index contributed by atoms with van der Waals surface area (Å²) in [6.07, 6.45) is 0.787. The molecule has 0 unspecified atom stereocenters. The Morgan fingerprint density at radius 3 is 1.91 bits per heavy atom. The Balaban J connectivity index is 1.90. The zero-order valence-corrected chi connectivity index (χ0v) is 20.1. The van der Waals surface area contributed by atoms with Crippen molar-refractivity contribution in [1.29, 1.82) is 0 Å². The summed E-state index contributed by atoms with van der Waals surface area (Å²) in [5.74, 6) is 0.318. The molecule has 0 heterocycles. The minimum absolute atomic E-state index is 0.0314. The van der Waals surface area contributed by atoms with Crippen LogP contribution in [0.5, 0.6) is 5.75 Å². The number of hydrogen-bond acceptors (Lipinski definition) is 3.